The van der Waals surface area contributed by atoms with Crippen molar-refractivity contribution in [1.29, 1.82) is 0 Å². The van der Waals surface area contributed by atoms with E-state index in [0.29, 0.717) is 63.7 Å². The van der Waals surface area contributed by atoms with Crippen molar-refractivity contribution in [3.63, 3.8) is 0 Å². The fourth-order valence-electron chi connectivity index (χ4n) is 5.35. The van der Waals surface area contributed by atoms with Crippen LogP contribution in [0.5, 0.6) is 0 Å². The van der Waals surface area contributed by atoms with Gasteiger partial charge in [-0.3, -0.25) is 14.4 Å². The number of rotatable bonds is 2. The fourth-order valence-corrected chi connectivity index (χ4v) is 5.35. The van der Waals surface area contributed by atoms with Crippen molar-refractivity contribution in [3.8, 4) is 11.4 Å². The lowest BCUT2D eigenvalue weighted by Gasteiger charge is -2.28. The monoisotopic (exact) mass is 494 g/mol. The standard InChI is InChI=1S/C26H34N6O4/c1-18-24-28-23(19-8-3-2-4-9-19)29-32(24)16-15-30(26(35)21-11-7-17-36-21)13-6-12-22(33)31-14-5-10-20(31)25(34)27-18/h2-4,8-9,18,20-21H,5-7,10-17H2,1H3,(H,27,34)/t18-,20-,21-/m0/s1. The van der Waals surface area contributed by atoms with Gasteiger partial charge in [-0.25, -0.2) is 9.67 Å². The Morgan fingerprint density at radius 3 is 2.64 bits per heavy atom. The van der Waals surface area contributed by atoms with Crippen LogP contribution in [0.25, 0.3) is 11.4 Å². The highest BCUT2D eigenvalue weighted by molar-refractivity contribution is 5.88. The van der Waals surface area contributed by atoms with E-state index in [9.17, 15) is 14.4 Å². The Morgan fingerprint density at radius 1 is 1.03 bits per heavy atom. The Hall–Kier alpha value is -3.27. The molecule has 0 bridgehead atoms. The summed E-state index contributed by atoms with van der Waals surface area (Å²) in [5.41, 5.74) is 0.883. The minimum absolute atomic E-state index is 0.0302. The van der Waals surface area contributed by atoms with Gasteiger partial charge in [-0.2, -0.15) is 5.10 Å². The molecule has 0 spiro atoms. The molecule has 2 aromatic rings. The molecule has 3 atom stereocenters. The fraction of sp³-hybridized carbons (Fsp3) is 0.577. The summed E-state index contributed by atoms with van der Waals surface area (Å²) in [6, 6.07) is 8.82. The van der Waals surface area contributed by atoms with Crippen LogP contribution in [0.1, 0.15) is 57.3 Å². The smallest absolute Gasteiger partial charge is 0.251 e. The van der Waals surface area contributed by atoms with Crippen LogP contribution >= 0.6 is 0 Å². The molecule has 0 saturated carbocycles. The second-order valence-electron chi connectivity index (χ2n) is 9.79. The van der Waals surface area contributed by atoms with E-state index in [2.05, 4.69) is 5.32 Å². The van der Waals surface area contributed by atoms with E-state index in [4.69, 9.17) is 14.8 Å². The highest BCUT2D eigenvalue weighted by atomic mass is 16.5. The van der Waals surface area contributed by atoms with Gasteiger partial charge in [-0.15, -0.1) is 0 Å². The van der Waals surface area contributed by atoms with Crippen LogP contribution < -0.4 is 5.32 Å². The van der Waals surface area contributed by atoms with Crippen molar-refractivity contribution >= 4 is 17.7 Å². The summed E-state index contributed by atoms with van der Waals surface area (Å²) in [6.07, 6.45) is 3.48. The molecule has 1 aromatic carbocycles. The van der Waals surface area contributed by atoms with Crippen molar-refractivity contribution in [2.75, 3.05) is 26.2 Å². The minimum atomic E-state index is -0.475. The van der Waals surface area contributed by atoms with Gasteiger partial charge in [0.2, 0.25) is 11.8 Å². The molecule has 192 valence electrons. The zero-order valence-electron chi connectivity index (χ0n) is 20.8. The van der Waals surface area contributed by atoms with Gasteiger partial charge in [0.25, 0.3) is 5.91 Å². The largest absolute Gasteiger partial charge is 0.368 e. The maximum absolute atomic E-state index is 13.3. The number of benzene rings is 1. The summed E-state index contributed by atoms with van der Waals surface area (Å²) >= 11 is 0. The Labute approximate surface area is 211 Å². The van der Waals surface area contributed by atoms with Crippen LogP contribution in [-0.2, 0) is 25.7 Å². The molecule has 10 heteroatoms. The lowest BCUT2D eigenvalue weighted by molar-refractivity contribution is -0.142. The predicted molar refractivity (Wildman–Crippen MR) is 132 cm³/mol. The number of carbonyl (C=O) groups excluding carboxylic acids is 3. The summed E-state index contributed by atoms with van der Waals surface area (Å²) in [6.45, 7) is 4.37. The lowest BCUT2D eigenvalue weighted by atomic mass is 10.1. The first kappa shape index (κ1) is 24.4. The number of carbonyl (C=O) groups is 3. The molecule has 1 N–H and O–H groups in total. The molecule has 36 heavy (non-hydrogen) atoms. The van der Waals surface area contributed by atoms with Crippen LogP contribution in [0.15, 0.2) is 30.3 Å². The molecule has 2 fully saturated rings. The second-order valence-corrected chi connectivity index (χ2v) is 9.79. The van der Waals surface area contributed by atoms with Gasteiger partial charge < -0.3 is 19.9 Å². The highest BCUT2D eigenvalue weighted by Gasteiger charge is 2.35. The van der Waals surface area contributed by atoms with E-state index >= 15 is 0 Å². The highest BCUT2D eigenvalue weighted by Crippen LogP contribution is 2.23. The first-order valence-corrected chi connectivity index (χ1v) is 13.0. The van der Waals surface area contributed by atoms with Gasteiger partial charge in [0.15, 0.2) is 5.82 Å². The van der Waals surface area contributed by atoms with Crippen molar-refractivity contribution in [2.45, 2.75) is 70.2 Å². The van der Waals surface area contributed by atoms with Crippen LogP contribution in [-0.4, -0.2) is 80.7 Å². The van der Waals surface area contributed by atoms with E-state index < -0.39 is 18.2 Å². The van der Waals surface area contributed by atoms with E-state index in [1.54, 1.807) is 14.5 Å². The maximum Gasteiger partial charge on any atom is 0.251 e. The topological polar surface area (TPSA) is 110 Å². The zero-order valence-corrected chi connectivity index (χ0v) is 20.8. The first-order valence-electron chi connectivity index (χ1n) is 13.0. The second kappa shape index (κ2) is 10.8. The normalized spacial score (nSPS) is 25.8. The van der Waals surface area contributed by atoms with Crippen molar-refractivity contribution in [2.24, 2.45) is 0 Å². The molecule has 10 nitrogen and oxygen atoms in total. The summed E-state index contributed by atoms with van der Waals surface area (Å²) in [4.78, 5) is 47.7. The number of nitrogens with one attached hydrogen (secondary N) is 1. The SMILES string of the molecule is C[C@@H]1NC(=O)[C@@H]2CCCN2C(=O)CCCN(C(=O)[C@@H]2CCCO2)CCn2nc(-c3ccccc3)nc21. The molecule has 0 radical (unpaired) electrons. The molecule has 5 rings (SSSR count). The summed E-state index contributed by atoms with van der Waals surface area (Å²) in [5.74, 6) is 0.982. The number of fused-ring (bicyclic) bond motifs is 2. The quantitative estimate of drug-likeness (QED) is 0.683. The first-order chi connectivity index (χ1) is 17.5. The molecule has 0 unspecified atom stereocenters. The Bertz CT molecular complexity index is 1100. The average Bonchev–Trinajstić information content (AvgIpc) is 3.66. The summed E-state index contributed by atoms with van der Waals surface area (Å²) in [5, 5.41) is 7.83. The molecule has 3 aliphatic heterocycles. The van der Waals surface area contributed by atoms with E-state index in [1.165, 1.54) is 0 Å². The Balaban J connectivity index is 1.46. The molecule has 4 heterocycles. The van der Waals surface area contributed by atoms with Gasteiger partial charge in [0, 0.05) is 38.2 Å². The number of hydrogen-bond acceptors (Lipinski definition) is 6. The van der Waals surface area contributed by atoms with Gasteiger partial charge in [-0.1, -0.05) is 30.3 Å². The van der Waals surface area contributed by atoms with Gasteiger partial charge >= 0.3 is 0 Å². The summed E-state index contributed by atoms with van der Waals surface area (Å²) < 4.78 is 7.46. The molecular formula is C26H34N6O4. The number of amides is 3. The lowest BCUT2D eigenvalue weighted by Crippen LogP contribution is -2.47. The van der Waals surface area contributed by atoms with Gasteiger partial charge in [-0.05, 0) is 39.0 Å². The van der Waals surface area contributed by atoms with Crippen molar-refractivity contribution in [3.05, 3.63) is 36.2 Å². The number of aromatic nitrogens is 3. The number of nitrogens with zero attached hydrogens (tertiary/aromatic N) is 5. The van der Waals surface area contributed by atoms with Crippen LogP contribution in [0, 0.1) is 0 Å². The molecule has 1 aromatic heterocycles. The van der Waals surface area contributed by atoms with E-state index in [0.717, 1.165) is 24.8 Å². The minimum Gasteiger partial charge on any atom is -0.368 e. The third kappa shape index (κ3) is 5.13. The molecule has 0 aliphatic carbocycles. The Morgan fingerprint density at radius 2 is 1.86 bits per heavy atom. The molecule has 3 aliphatic rings. The van der Waals surface area contributed by atoms with Crippen LogP contribution in [0.3, 0.4) is 0 Å². The Kier molecular flexibility index (Phi) is 7.31. The van der Waals surface area contributed by atoms with Gasteiger partial charge in [0.1, 0.15) is 18.0 Å². The molecular weight excluding hydrogens is 460 g/mol. The maximum atomic E-state index is 13.3. The molecule has 3 amide bonds. The van der Waals surface area contributed by atoms with E-state index in [1.807, 2.05) is 37.3 Å². The third-order valence-electron chi connectivity index (χ3n) is 7.27. The summed E-state index contributed by atoms with van der Waals surface area (Å²) in [7, 11) is 0. The van der Waals surface area contributed by atoms with Crippen molar-refractivity contribution < 1.29 is 19.1 Å². The number of ether oxygens (including phenoxy) is 1. The third-order valence-corrected chi connectivity index (χ3v) is 7.27. The van der Waals surface area contributed by atoms with Gasteiger partial charge in [0.05, 0.1) is 12.6 Å². The average molecular weight is 495 g/mol. The molecule has 2 saturated heterocycles. The predicted octanol–water partition coefficient (Wildman–Crippen LogP) is 1.91. The van der Waals surface area contributed by atoms with Crippen molar-refractivity contribution in [1.82, 2.24) is 29.9 Å². The van der Waals surface area contributed by atoms with E-state index in [-0.39, 0.29) is 17.7 Å². The van der Waals surface area contributed by atoms with Crippen LogP contribution in [0.2, 0.25) is 0 Å². The zero-order chi connectivity index (χ0) is 25.1. The van der Waals surface area contributed by atoms with Crippen LogP contribution in [0.4, 0.5) is 0 Å². The number of hydrogen-bond donors (Lipinski definition) is 1.